The number of likely N-dealkylation sites (N-methyl/N-ethyl adjacent to an activating group) is 1. The van der Waals surface area contributed by atoms with Crippen LogP contribution in [-0.2, 0) is 16.0 Å². The van der Waals surface area contributed by atoms with Gasteiger partial charge in [-0.15, -0.1) is 5.10 Å². The number of nitrogen functional groups attached to an aromatic ring is 1. The summed E-state index contributed by atoms with van der Waals surface area (Å²) in [5, 5.41) is 4.54. The van der Waals surface area contributed by atoms with Crippen LogP contribution in [0.15, 0.2) is 18.5 Å². The van der Waals surface area contributed by atoms with Gasteiger partial charge in [0.2, 0.25) is 5.91 Å². The highest BCUT2D eigenvalue weighted by Crippen LogP contribution is 2.23. The minimum absolute atomic E-state index is 0.0169. The molecule has 4 heterocycles. The Balaban J connectivity index is 1.37. The molecule has 1 fully saturated rings. The van der Waals surface area contributed by atoms with Crippen molar-refractivity contribution in [3.8, 4) is 6.01 Å². The second-order valence-corrected chi connectivity index (χ2v) is 11.8. The molecule has 4 rings (SSSR count). The largest absolute Gasteiger partial charge is 0.459 e. The number of nitrogens with zero attached hydrogens (tertiary/aromatic N) is 8. The third-order valence-corrected chi connectivity index (χ3v) is 6.94. The number of fused-ring (bicyclic) bond motifs is 1. The predicted molar refractivity (Wildman–Crippen MR) is 160 cm³/mol. The van der Waals surface area contributed by atoms with Crippen LogP contribution in [0.3, 0.4) is 0 Å². The van der Waals surface area contributed by atoms with Gasteiger partial charge in [0.1, 0.15) is 18.0 Å². The molecule has 228 valence electrons. The minimum atomic E-state index is -0.610. The Hall–Kier alpha value is -4.16. The van der Waals surface area contributed by atoms with Crippen LogP contribution in [0.2, 0.25) is 0 Å². The number of piperazine rings is 1. The van der Waals surface area contributed by atoms with Crippen LogP contribution >= 0.6 is 0 Å². The first kappa shape index (κ1) is 30.8. The van der Waals surface area contributed by atoms with Crippen molar-refractivity contribution in [1.29, 1.82) is 0 Å². The van der Waals surface area contributed by atoms with E-state index in [9.17, 15) is 9.59 Å². The highest BCUT2D eigenvalue weighted by Gasteiger charge is 2.26. The Bertz CT molecular complexity index is 1410. The normalized spacial score (nSPS) is 14.6. The fraction of sp³-hybridized carbons (Fsp3) is 0.586. The number of carbonyl (C=O) groups excluding carboxylic acids is 2. The first-order valence-electron chi connectivity index (χ1n) is 14.4. The minimum Gasteiger partial charge on any atom is -0.459 e. The van der Waals surface area contributed by atoms with Crippen molar-refractivity contribution in [2.45, 2.75) is 72.5 Å². The average molecular weight is 582 g/mol. The lowest BCUT2D eigenvalue weighted by molar-refractivity contribution is -0.132. The van der Waals surface area contributed by atoms with Crippen molar-refractivity contribution in [3.63, 3.8) is 0 Å². The molecule has 3 aromatic heterocycles. The summed E-state index contributed by atoms with van der Waals surface area (Å²) in [7, 11) is 1.58. The van der Waals surface area contributed by atoms with E-state index in [0.29, 0.717) is 38.2 Å². The number of imidazole rings is 1. The lowest BCUT2D eigenvalue weighted by Gasteiger charge is -2.36. The van der Waals surface area contributed by atoms with Gasteiger partial charge in [-0.3, -0.25) is 4.79 Å². The first-order chi connectivity index (χ1) is 19.8. The number of rotatable bonds is 9. The average Bonchev–Trinajstić information content (AvgIpc) is 3.31. The molecule has 3 aromatic rings. The summed E-state index contributed by atoms with van der Waals surface area (Å²) in [5.41, 5.74) is 8.93. The van der Waals surface area contributed by atoms with Crippen LogP contribution in [0.25, 0.3) is 5.65 Å². The number of anilines is 2. The lowest BCUT2D eigenvalue weighted by Crippen LogP contribution is -2.52. The molecule has 0 radical (unpaired) electrons. The van der Waals surface area contributed by atoms with Gasteiger partial charge in [0.15, 0.2) is 11.5 Å². The number of aryl methyl sites for hydroxylation is 1. The zero-order valence-electron chi connectivity index (χ0n) is 25.8. The third-order valence-electron chi connectivity index (χ3n) is 6.94. The monoisotopic (exact) mass is 581 g/mol. The Kier molecular flexibility index (Phi) is 9.37. The van der Waals surface area contributed by atoms with E-state index in [1.807, 2.05) is 20.0 Å². The maximum atomic E-state index is 12.8. The van der Waals surface area contributed by atoms with Crippen molar-refractivity contribution in [1.82, 2.24) is 34.4 Å². The van der Waals surface area contributed by atoms with Gasteiger partial charge in [0, 0.05) is 45.8 Å². The molecule has 0 saturated carbocycles. The molecule has 1 atom stereocenters. The molecule has 0 aliphatic carbocycles. The zero-order chi connectivity index (χ0) is 30.6. The van der Waals surface area contributed by atoms with Crippen molar-refractivity contribution >= 4 is 29.3 Å². The fourth-order valence-electron chi connectivity index (χ4n) is 4.88. The van der Waals surface area contributed by atoms with Gasteiger partial charge >= 0.3 is 12.1 Å². The second kappa shape index (κ2) is 12.8. The second-order valence-electron chi connectivity index (χ2n) is 11.8. The smallest absolute Gasteiger partial charge is 0.410 e. The van der Waals surface area contributed by atoms with Gasteiger partial charge in [0.05, 0.1) is 18.0 Å². The highest BCUT2D eigenvalue weighted by atomic mass is 16.6. The van der Waals surface area contributed by atoms with Gasteiger partial charge < -0.3 is 29.9 Å². The number of aromatic nitrogens is 5. The number of amides is 2. The summed E-state index contributed by atoms with van der Waals surface area (Å²) in [5.74, 6) is 1.06. The van der Waals surface area contributed by atoms with Crippen molar-refractivity contribution in [2.24, 2.45) is 0 Å². The van der Waals surface area contributed by atoms with Gasteiger partial charge in [-0.2, -0.15) is 4.98 Å². The number of pyridine rings is 1. The molecule has 1 saturated heterocycles. The standard InChI is InChI=1S/C29H43N9O4/c1-8-9-20(3)41-27-33-24(30)26-32-17-22(38(26)34-27)15-21-14-19(2)25(31-16-21)37-12-10-36(11-13-37)23(39)18-35(7)28(40)42-29(4,5)6/h14,16-17,20H,8-13,15,18H2,1-7H3,(H2,30,33,34). The molecule has 13 heteroatoms. The SMILES string of the molecule is CCCC(C)Oc1nc(N)c2ncc(Cc3cnc(N4CCN(C(=O)CN(C)C(=O)OC(C)(C)C)CC4)c(C)c3)n2n1. The Labute approximate surface area is 247 Å². The maximum absolute atomic E-state index is 12.8. The zero-order valence-corrected chi connectivity index (χ0v) is 25.8. The molecule has 1 aliphatic rings. The van der Waals surface area contributed by atoms with E-state index in [2.05, 4.69) is 33.0 Å². The summed E-state index contributed by atoms with van der Waals surface area (Å²) in [6.45, 7) is 13.9. The van der Waals surface area contributed by atoms with Crippen LogP contribution in [0, 0.1) is 6.92 Å². The maximum Gasteiger partial charge on any atom is 0.410 e. The highest BCUT2D eigenvalue weighted by molar-refractivity contribution is 5.82. The Morgan fingerprint density at radius 3 is 2.50 bits per heavy atom. The van der Waals surface area contributed by atoms with Crippen molar-refractivity contribution < 1.29 is 19.1 Å². The van der Waals surface area contributed by atoms with Crippen molar-refractivity contribution in [2.75, 3.05) is 50.4 Å². The molecular weight excluding hydrogens is 538 g/mol. The Morgan fingerprint density at radius 1 is 1.14 bits per heavy atom. The number of carbonyl (C=O) groups is 2. The van der Waals surface area contributed by atoms with E-state index in [1.165, 1.54) is 4.90 Å². The van der Waals surface area contributed by atoms with Crippen LogP contribution in [0.4, 0.5) is 16.4 Å². The fourth-order valence-corrected chi connectivity index (χ4v) is 4.88. The third kappa shape index (κ3) is 7.56. The molecule has 13 nitrogen and oxygen atoms in total. The van der Waals surface area contributed by atoms with Gasteiger partial charge in [-0.1, -0.05) is 19.4 Å². The van der Waals surface area contributed by atoms with Crippen LogP contribution in [0.5, 0.6) is 6.01 Å². The molecule has 42 heavy (non-hydrogen) atoms. The van der Waals surface area contributed by atoms with Gasteiger partial charge in [-0.25, -0.2) is 19.3 Å². The van der Waals surface area contributed by atoms with E-state index in [-0.39, 0.29) is 30.4 Å². The van der Waals surface area contributed by atoms with Crippen LogP contribution < -0.4 is 15.4 Å². The van der Waals surface area contributed by atoms with E-state index in [4.69, 9.17) is 20.2 Å². The molecule has 0 aromatic carbocycles. The van der Waals surface area contributed by atoms with E-state index >= 15 is 0 Å². The quantitative estimate of drug-likeness (QED) is 0.400. The van der Waals surface area contributed by atoms with Gasteiger partial charge in [-0.05, 0) is 52.2 Å². The molecule has 2 N–H and O–H groups in total. The predicted octanol–water partition coefficient (Wildman–Crippen LogP) is 3.08. The summed E-state index contributed by atoms with van der Waals surface area (Å²) in [6, 6.07) is 2.35. The van der Waals surface area contributed by atoms with Crippen LogP contribution in [-0.4, -0.2) is 97.8 Å². The first-order valence-corrected chi connectivity index (χ1v) is 14.4. The van der Waals surface area contributed by atoms with E-state index < -0.39 is 11.7 Å². The topological polar surface area (TPSA) is 144 Å². The Morgan fingerprint density at radius 2 is 1.86 bits per heavy atom. The van der Waals surface area contributed by atoms with E-state index in [0.717, 1.165) is 35.5 Å². The number of ether oxygens (including phenoxy) is 2. The molecule has 2 amide bonds. The molecule has 1 aliphatic heterocycles. The summed E-state index contributed by atoms with van der Waals surface area (Å²) in [4.78, 5) is 43.8. The number of nitrogens with two attached hydrogens (primary N) is 1. The van der Waals surface area contributed by atoms with Crippen LogP contribution in [0.1, 0.15) is 64.3 Å². The van der Waals surface area contributed by atoms with Gasteiger partial charge in [0.25, 0.3) is 0 Å². The van der Waals surface area contributed by atoms with Crippen molar-refractivity contribution in [3.05, 3.63) is 35.3 Å². The molecule has 0 spiro atoms. The van der Waals surface area contributed by atoms with E-state index in [1.54, 1.807) is 43.4 Å². The molecule has 1 unspecified atom stereocenters. The lowest BCUT2D eigenvalue weighted by atomic mass is 10.1. The number of hydrogen-bond acceptors (Lipinski definition) is 10. The molecule has 0 bridgehead atoms. The summed E-state index contributed by atoms with van der Waals surface area (Å²) < 4.78 is 12.9. The summed E-state index contributed by atoms with van der Waals surface area (Å²) >= 11 is 0. The molecular formula is C29H43N9O4. The summed E-state index contributed by atoms with van der Waals surface area (Å²) in [6.07, 6.45) is 5.54. The number of hydrogen-bond donors (Lipinski definition) is 1.